The molecule has 196 valence electrons. The molecular formula is C40H24O2. The van der Waals surface area contributed by atoms with Crippen molar-refractivity contribution in [3.63, 3.8) is 0 Å². The Hall–Kier alpha value is -5.60. The van der Waals surface area contributed by atoms with E-state index in [1.807, 2.05) is 18.2 Å². The predicted octanol–water partition coefficient (Wildman–Crippen LogP) is 11.6. The Kier molecular flexibility index (Phi) is 4.93. The fourth-order valence-electron chi connectivity index (χ4n) is 6.59. The molecule has 0 aliphatic rings. The standard InChI is InChI=1S/C40H24O2/c1-2-10-25(11-3-1)26-18-20-27(21-19-26)37-29-12-4-6-14-31(29)38(32-15-7-5-13-30(32)37)36-24-28-22-23-35-39(40(28)42-36)33-16-8-9-17-34(33)41-35/h1-24H. The maximum atomic E-state index is 6.80. The maximum Gasteiger partial charge on any atom is 0.146 e. The van der Waals surface area contributed by atoms with Gasteiger partial charge in [0, 0.05) is 16.3 Å². The number of rotatable bonds is 3. The van der Waals surface area contributed by atoms with Crippen LogP contribution in [-0.2, 0) is 0 Å². The van der Waals surface area contributed by atoms with E-state index >= 15 is 0 Å². The summed E-state index contributed by atoms with van der Waals surface area (Å²) in [6.07, 6.45) is 0. The van der Waals surface area contributed by atoms with E-state index in [4.69, 9.17) is 8.83 Å². The molecule has 42 heavy (non-hydrogen) atoms. The Morgan fingerprint density at radius 3 is 1.60 bits per heavy atom. The summed E-state index contributed by atoms with van der Waals surface area (Å²) in [4.78, 5) is 0. The number of fused-ring (bicyclic) bond motifs is 7. The Balaban J connectivity index is 1.31. The number of hydrogen-bond acceptors (Lipinski definition) is 2. The fourth-order valence-corrected chi connectivity index (χ4v) is 6.59. The second-order valence-corrected chi connectivity index (χ2v) is 10.9. The molecule has 0 radical (unpaired) electrons. The van der Waals surface area contributed by atoms with Crippen LogP contribution in [0, 0.1) is 0 Å². The van der Waals surface area contributed by atoms with Gasteiger partial charge in [-0.05, 0) is 68.1 Å². The molecule has 0 atom stereocenters. The minimum Gasteiger partial charge on any atom is -0.456 e. The van der Waals surface area contributed by atoms with E-state index in [0.29, 0.717) is 0 Å². The number of furan rings is 2. The molecule has 2 aromatic heterocycles. The lowest BCUT2D eigenvalue weighted by Crippen LogP contribution is -1.90. The zero-order valence-electron chi connectivity index (χ0n) is 22.7. The van der Waals surface area contributed by atoms with Crippen molar-refractivity contribution in [1.29, 1.82) is 0 Å². The lowest BCUT2D eigenvalue weighted by atomic mass is 9.87. The summed E-state index contributed by atoms with van der Waals surface area (Å²) in [7, 11) is 0. The quantitative estimate of drug-likeness (QED) is 0.210. The molecule has 0 unspecified atom stereocenters. The number of para-hydroxylation sites is 1. The molecular weight excluding hydrogens is 512 g/mol. The second-order valence-electron chi connectivity index (χ2n) is 10.9. The monoisotopic (exact) mass is 536 g/mol. The summed E-state index contributed by atoms with van der Waals surface area (Å²) in [5.74, 6) is 0.862. The van der Waals surface area contributed by atoms with Crippen LogP contribution in [-0.4, -0.2) is 0 Å². The van der Waals surface area contributed by atoms with Gasteiger partial charge in [0.2, 0.25) is 0 Å². The van der Waals surface area contributed by atoms with E-state index in [2.05, 4.69) is 127 Å². The molecule has 0 amide bonds. The minimum atomic E-state index is 0.841. The van der Waals surface area contributed by atoms with Crippen LogP contribution < -0.4 is 0 Å². The molecule has 0 saturated heterocycles. The van der Waals surface area contributed by atoms with Gasteiger partial charge in [-0.2, -0.15) is 0 Å². The van der Waals surface area contributed by atoms with Crippen molar-refractivity contribution in [1.82, 2.24) is 0 Å². The lowest BCUT2D eigenvalue weighted by molar-refractivity contribution is 0.635. The molecule has 9 aromatic rings. The van der Waals surface area contributed by atoms with Crippen molar-refractivity contribution < 1.29 is 8.83 Å². The number of hydrogen-bond donors (Lipinski definition) is 0. The van der Waals surface area contributed by atoms with Crippen LogP contribution in [0.15, 0.2) is 154 Å². The van der Waals surface area contributed by atoms with Crippen LogP contribution in [0.5, 0.6) is 0 Å². The Morgan fingerprint density at radius 1 is 0.357 bits per heavy atom. The zero-order valence-corrected chi connectivity index (χ0v) is 22.7. The van der Waals surface area contributed by atoms with E-state index in [1.165, 1.54) is 43.8 Å². The third kappa shape index (κ3) is 3.39. The molecule has 0 aliphatic heterocycles. The molecule has 0 N–H and O–H groups in total. The fraction of sp³-hybridized carbons (Fsp3) is 0. The van der Waals surface area contributed by atoms with Gasteiger partial charge < -0.3 is 8.83 Å². The molecule has 9 rings (SSSR count). The largest absolute Gasteiger partial charge is 0.456 e. The Bertz CT molecular complexity index is 2380. The summed E-state index contributed by atoms with van der Waals surface area (Å²) in [6, 6.07) is 51.4. The van der Waals surface area contributed by atoms with Crippen molar-refractivity contribution in [2.45, 2.75) is 0 Å². The molecule has 0 bridgehead atoms. The van der Waals surface area contributed by atoms with Crippen LogP contribution in [0.4, 0.5) is 0 Å². The van der Waals surface area contributed by atoms with Gasteiger partial charge in [0.05, 0.1) is 5.39 Å². The van der Waals surface area contributed by atoms with Gasteiger partial charge >= 0.3 is 0 Å². The van der Waals surface area contributed by atoms with Gasteiger partial charge in [0.1, 0.15) is 22.5 Å². The molecule has 0 saturated carbocycles. The van der Waals surface area contributed by atoms with E-state index in [-0.39, 0.29) is 0 Å². The number of benzene rings is 7. The zero-order chi connectivity index (χ0) is 27.6. The Labute approximate surface area is 242 Å². The van der Waals surface area contributed by atoms with Crippen LogP contribution in [0.1, 0.15) is 0 Å². The summed E-state index contributed by atoms with van der Waals surface area (Å²) in [5.41, 5.74) is 8.56. The van der Waals surface area contributed by atoms with Crippen LogP contribution in [0.2, 0.25) is 0 Å². The van der Waals surface area contributed by atoms with Gasteiger partial charge in [-0.3, -0.25) is 0 Å². The molecule has 2 heterocycles. The lowest BCUT2D eigenvalue weighted by Gasteiger charge is -2.16. The highest BCUT2D eigenvalue weighted by Gasteiger charge is 2.20. The average Bonchev–Trinajstić information content (AvgIpc) is 3.65. The van der Waals surface area contributed by atoms with E-state index in [1.54, 1.807) is 0 Å². The summed E-state index contributed by atoms with van der Waals surface area (Å²) in [5, 5.41) is 7.92. The first-order valence-corrected chi connectivity index (χ1v) is 14.3. The average molecular weight is 537 g/mol. The molecule has 0 aliphatic carbocycles. The first-order valence-electron chi connectivity index (χ1n) is 14.3. The third-order valence-corrected chi connectivity index (χ3v) is 8.48. The SMILES string of the molecule is c1ccc(-c2ccc(-c3c4ccccc4c(-c4cc5ccc6oc7ccccc7c6c5o4)c4ccccc34)cc2)cc1. The van der Waals surface area contributed by atoms with Crippen molar-refractivity contribution in [3.05, 3.63) is 146 Å². The van der Waals surface area contributed by atoms with Crippen LogP contribution >= 0.6 is 0 Å². The van der Waals surface area contributed by atoms with Crippen molar-refractivity contribution in [2.75, 3.05) is 0 Å². The normalized spacial score (nSPS) is 11.8. The van der Waals surface area contributed by atoms with Crippen molar-refractivity contribution >= 4 is 54.5 Å². The van der Waals surface area contributed by atoms with Crippen molar-refractivity contribution in [3.8, 4) is 33.6 Å². The molecule has 0 spiro atoms. The topological polar surface area (TPSA) is 26.3 Å². The molecule has 7 aromatic carbocycles. The van der Waals surface area contributed by atoms with E-state index in [0.717, 1.165) is 44.2 Å². The highest BCUT2D eigenvalue weighted by Crippen LogP contribution is 2.46. The van der Waals surface area contributed by atoms with Crippen LogP contribution in [0.3, 0.4) is 0 Å². The first-order chi connectivity index (χ1) is 20.8. The predicted molar refractivity (Wildman–Crippen MR) is 175 cm³/mol. The maximum absolute atomic E-state index is 6.80. The summed E-state index contributed by atoms with van der Waals surface area (Å²) < 4.78 is 13.0. The highest BCUT2D eigenvalue weighted by molar-refractivity contribution is 6.22. The highest BCUT2D eigenvalue weighted by atomic mass is 16.3. The second kappa shape index (κ2) is 8.95. The van der Waals surface area contributed by atoms with Crippen LogP contribution in [0.25, 0.3) is 88.0 Å². The third-order valence-electron chi connectivity index (χ3n) is 8.48. The van der Waals surface area contributed by atoms with E-state index in [9.17, 15) is 0 Å². The molecule has 0 fully saturated rings. The molecule has 2 nitrogen and oxygen atoms in total. The van der Waals surface area contributed by atoms with Gasteiger partial charge in [-0.15, -0.1) is 0 Å². The van der Waals surface area contributed by atoms with Gasteiger partial charge in [-0.25, -0.2) is 0 Å². The van der Waals surface area contributed by atoms with Gasteiger partial charge in [-0.1, -0.05) is 121 Å². The minimum absolute atomic E-state index is 0.841. The Morgan fingerprint density at radius 2 is 0.905 bits per heavy atom. The summed E-state index contributed by atoms with van der Waals surface area (Å²) in [6.45, 7) is 0. The van der Waals surface area contributed by atoms with Gasteiger partial charge in [0.15, 0.2) is 0 Å². The smallest absolute Gasteiger partial charge is 0.146 e. The van der Waals surface area contributed by atoms with E-state index < -0.39 is 0 Å². The first kappa shape index (κ1) is 23.1. The van der Waals surface area contributed by atoms with Gasteiger partial charge in [0.25, 0.3) is 0 Å². The molecule has 2 heteroatoms. The van der Waals surface area contributed by atoms with Crippen molar-refractivity contribution in [2.24, 2.45) is 0 Å². The summed E-state index contributed by atoms with van der Waals surface area (Å²) >= 11 is 0.